The second kappa shape index (κ2) is 14.3. The highest BCUT2D eigenvalue weighted by atomic mass is 32.2. The smallest absolute Gasteiger partial charge is 0.310 e. The largest absolute Gasteiger partial charge is 0.465 e. The zero-order valence-electron chi connectivity index (χ0n) is 26.3. The van der Waals surface area contributed by atoms with Crippen LogP contribution in [-0.2, 0) is 25.5 Å². The maximum absolute atomic E-state index is 15.0. The number of likely N-dealkylation sites (tertiary alicyclic amines) is 1. The maximum Gasteiger partial charge on any atom is 0.310 e. The molecule has 45 heavy (non-hydrogen) atoms. The zero-order chi connectivity index (χ0) is 32.1. The Morgan fingerprint density at radius 2 is 1.78 bits per heavy atom. The SMILES string of the molecule is C=CCCOC(=O)[C@@H]1[C@@H]2CCC3(S2)C(C(=O)N(CC=C)c2ccc(N(CC)CC)cc2)N([C@@H](CO)Cc2ccccc2)C(=O)[C@H]13. The van der Waals surface area contributed by atoms with Crippen molar-refractivity contribution in [3.63, 3.8) is 0 Å². The number of nitrogens with zero attached hydrogens (tertiary/aromatic N) is 3. The van der Waals surface area contributed by atoms with Crippen molar-refractivity contribution in [1.82, 2.24) is 4.90 Å². The number of benzene rings is 2. The number of thioether (sulfide) groups is 1. The third kappa shape index (κ3) is 6.04. The molecule has 0 radical (unpaired) electrons. The number of hydrogen-bond donors (Lipinski definition) is 1. The minimum atomic E-state index is -0.862. The van der Waals surface area contributed by atoms with Crippen LogP contribution in [0.3, 0.4) is 0 Å². The van der Waals surface area contributed by atoms with Crippen LogP contribution in [-0.4, -0.2) is 82.7 Å². The number of fused-ring (bicyclic) bond motifs is 1. The molecule has 9 heteroatoms. The van der Waals surface area contributed by atoms with Crippen LogP contribution in [0.25, 0.3) is 0 Å². The second-order valence-electron chi connectivity index (χ2n) is 12.0. The number of rotatable bonds is 15. The number of esters is 1. The van der Waals surface area contributed by atoms with Gasteiger partial charge in [0.25, 0.3) is 5.91 Å². The number of anilines is 2. The minimum Gasteiger partial charge on any atom is -0.465 e. The summed E-state index contributed by atoms with van der Waals surface area (Å²) in [5.74, 6) is -2.20. The molecule has 5 rings (SSSR count). The van der Waals surface area contributed by atoms with E-state index in [1.807, 2.05) is 54.6 Å². The highest BCUT2D eigenvalue weighted by molar-refractivity contribution is 8.02. The Bertz CT molecular complexity index is 1380. The van der Waals surface area contributed by atoms with Crippen molar-refractivity contribution in [1.29, 1.82) is 0 Å². The van der Waals surface area contributed by atoms with Gasteiger partial charge in [0.1, 0.15) is 6.04 Å². The lowest BCUT2D eigenvalue weighted by Crippen LogP contribution is -2.58. The number of hydrogen-bond acceptors (Lipinski definition) is 7. The van der Waals surface area contributed by atoms with Crippen molar-refractivity contribution in [2.75, 3.05) is 42.6 Å². The summed E-state index contributed by atoms with van der Waals surface area (Å²) in [5.41, 5.74) is 2.74. The van der Waals surface area contributed by atoms with Crippen LogP contribution in [0.15, 0.2) is 79.9 Å². The summed E-state index contributed by atoms with van der Waals surface area (Å²) in [4.78, 5) is 48.6. The van der Waals surface area contributed by atoms with Crippen LogP contribution in [0.1, 0.15) is 38.7 Å². The molecule has 0 aliphatic carbocycles. The van der Waals surface area contributed by atoms with E-state index in [9.17, 15) is 19.5 Å². The summed E-state index contributed by atoms with van der Waals surface area (Å²) >= 11 is 1.60. The Hall–Kier alpha value is -3.56. The molecule has 2 bridgehead atoms. The van der Waals surface area contributed by atoms with Crippen LogP contribution >= 0.6 is 11.8 Å². The molecule has 0 saturated carbocycles. The fourth-order valence-corrected chi connectivity index (χ4v) is 9.73. The Labute approximate surface area is 271 Å². The van der Waals surface area contributed by atoms with Gasteiger partial charge in [-0.25, -0.2) is 0 Å². The highest BCUT2D eigenvalue weighted by Gasteiger charge is 2.74. The molecule has 0 aromatic heterocycles. The van der Waals surface area contributed by atoms with Gasteiger partial charge in [0.15, 0.2) is 0 Å². The molecule has 3 saturated heterocycles. The van der Waals surface area contributed by atoms with Crippen LogP contribution in [0.4, 0.5) is 11.4 Å². The van der Waals surface area contributed by atoms with Gasteiger partial charge in [-0.3, -0.25) is 14.4 Å². The first-order valence-electron chi connectivity index (χ1n) is 16.0. The first-order valence-corrected chi connectivity index (χ1v) is 16.9. The van der Waals surface area contributed by atoms with Crippen molar-refractivity contribution in [3.8, 4) is 0 Å². The van der Waals surface area contributed by atoms with E-state index in [1.54, 1.807) is 33.7 Å². The van der Waals surface area contributed by atoms with Crippen LogP contribution in [0.5, 0.6) is 0 Å². The third-order valence-electron chi connectivity index (χ3n) is 9.60. The first-order chi connectivity index (χ1) is 21.8. The average molecular weight is 632 g/mol. The van der Waals surface area contributed by atoms with E-state index in [4.69, 9.17) is 4.74 Å². The predicted molar refractivity (Wildman–Crippen MR) is 180 cm³/mol. The number of aliphatic hydroxyl groups is 1. The van der Waals surface area contributed by atoms with E-state index < -0.39 is 28.7 Å². The summed E-state index contributed by atoms with van der Waals surface area (Å²) in [7, 11) is 0. The van der Waals surface area contributed by atoms with Crippen molar-refractivity contribution < 1.29 is 24.2 Å². The lowest BCUT2D eigenvalue weighted by atomic mass is 9.71. The zero-order valence-corrected chi connectivity index (χ0v) is 27.2. The Morgan fingerprint density at radius 3 is 2.40 bits per heavy atom. The van der Waals surface area contributed by atoms with E-state index in [1.165, 1.54) is 0 Å². The summed E-state index contributed by atoms with van der Waals surface area (Å²) in [6, 6.07) is 16.1. The van der Waals surface area contributed by atoms with E-state index in [-0.39, 0.29) is 42.8 Å². The Kier molecular flexibility index (Phi) is 10.4. The fraction of sp³-hybridized carbons (Fsp3) is 0.472. The molecule has 6 atom stereocenters. The van der Waals surface area contributed by atoms with Crippen molar-refractivity contribution in [3.05, 3.63) is 85.5 Å². The third-order valence-corrected chi connectivity index (χ3v) is 11.5. The lowest BCUT2D eigenvalue weighted by molar-refractivity contribution is -0.154. The molecule has 8 nitrogen and oxygen atoms in total. The summed E-state index contributed by atoms with van der Waals surface area (Å²) in [6.45, 7) is 13.7. The molecule has 2 aromatic rings. The van der Waals surface area contributed by atoms with Gasteiger partial charge in [-0.15, -0.1) is 24.9 Å². The Morgan fingerprint density at radius 1 is 1.09 bits per heavy atom. The van der Waals surface area contributed by atoms with E-state index in [2.05, 4.69) is 31.9 Å². The van der Waals surface area contributed by atoms with Gasteiger partial charge >= 0.3 is 5.97 Å². The molecule has 1 spiro atoms. The van der Waals surface area contributed by atoms with Crippen molar-refractivity contribution in [2.45, 2.75) is 61.6 Å². The summed E-state index contributed by atoms with van der Waals surface area (Å²) in [6.07, 6.45) is 5.65. The predicted octanol–water partition coefficient (Wildman–Crippen LogP) is 4.87. The molecule has 2 amide bonds. The average Bonchev–Trinajstić information content (AvgIpc) is 3.71. The first kappa shape index (κ1) is 32.8. The number of ether oxygens (including phenoxy) is 1. The molecule has 1 N–H and O–H groups in total. The van der Waals surface area contributed by atoms with Gasteiger partial charge in [-0.1, -0.05) is 42.5 Å². The minimum absolute atomic E-state index is 0.101. The number of carbonyl (C=O) groups excluding carboxylic acids is 3. The molecule has 3 heterocycles. The van der Waals surface area contributed by atoms with Crippen LogP contribution in [0.2, 0.25) is 0 Å². The highest BCUT2D eigenvalue weighted by Crippen LogP contribution is 2.67. The molecule has 2 aromatic carbocycles. The van der Waals surface area contributed by atoms with E-state index >= 15 is 0 Å². The summed E-state index contributed by atoms with van der Waals surface area (Å²) in [5, 5.41) is 10.7. The monoisotopic (exact) mass is 631 g/mol. The molecule has 3 aliphatic rings. The number of amides is 2. The topological polar surface area (TPSA) is 90.4 Å². The van der Waals surface area contributed by atoms with Gasteiger partial charge in [0.2, 0.25) is 5.91 Å². The van der Waals surface area contributed by atoms with Gasteiger partial charge in [-0.2, -0.15) is 0 Å². The standard InChI is InChI=1S/C36H45N3O5S/c1-5-9-22-44-35(43)30-29-19-20-36(45-29)31(30)33(41)39(28(24-40)23-25-13-11-10-12-14-25)32(36)34(42)38(21-6-2)27-17-15-26(16-18-27)37(7-3)8-4/h5-6,10-18,28-32,40H,1-2,7-9,19-24H2,3-4H3/t28-,29+,30-,31+,32?,36?/m1/s1. The maximum atomic E-state index is 15.0. The molecule has 3 fully saturated rings. The normalized spacial score (nSPS) is 25.5. The Balaban J connectivity index is 1.55. The number of aliphatic hydroxyl groups excluding tert-OH is 1. The van der Waals surface area contributed by atoms with E-state index in [0.717, 1.165) is 30.8 Å². The lowest BCUT2D eigenvalue weighted by Gasteiger charge is -2.39. The van der Waals surface area contributed by atoms with Gasteiger partial charge in [0.05, 0.1) is 35.8 Å². The number of carbonyl (C=O) groups is 3. The molecular formula is C36H45N3O5S. The molecule has 2 unspecified atom stereocenters. The molecule has 240 valence electrons. The second-order valence-corrected chi connectivity index (χ2v) is 13.6. The van der Waals surface area contributed by atoms with Crippen molar-refractivity contribution in [2.24, 2.45) is 11.8 Å². The van der Waals surface area contributed by atoms with Crippen LogP contribution in [0, 0.1) is 11.8 Å². The van der Waals surface area contributed by atoms with Crippen LogP contribution < -0.4 is 9.80 Å². The molecule has 3 aliphatic heterocycles. The van der Waals surface area contributed by atoms with E-state index in [0.29, 0.717) is 24.9 Å². The summed E-state index contributed by atoms with van der Waals surface area (Å²) < 4.78 is 4.83. The fourth-order valence-electron chi connectivity index (χ4n) is 7.54. The van der Waals surface area contributed by atoms with Gasteiger partial charge < -0.3 is 24.5 Å². The van der Waals surface area contributed by atoms with Gasteiger partial charge in [0, 0.05) is 36.3 Å². The molecular weight excluding hydrogens is 586 g/mol. The van der Waals surface area contributed by atoms with Crippen molar-refractivity contribution >= 4 is 40.9 Å². The quantitative estimate of drug-likeness (QED) is 0.171. The van der Waals surface area contributed by atoms with Gasteiger partial charge in [-0.05, 0) is 69.4 Å².